The molecule has 0 unspecified atom stereocenters. The second-order valence-electron chi connectivity index (χ2n) is 6.34. The number of hydrogen-bond donors (Lipinski definition) is 2. The monoisotopic (exact) mass is 355 g/mol. The molecule has 2 N–H and O–H groups in total. The van der Waals surface area contributed by atoms with Crippen LogP contribution in [0.25, 0.3) is 0 Å². The molecule has 1 heterocycles. The van der Waals surface area contributed by atoms with E-state index in [0.717, 1.165) is 6.42 Å². The van der Waals surface area contributed by atoms with Crippen LogP contribution in [0.3, 0.4) is 0 Å². The number of nitrogens with one attached hydrogen (secondary N) is 1. The fourth-order valence-corrected chi connectivity index (χ4v) is 5.27. The maximum absolute atomic E-state index is 12.8. The van der Waals surface area contributed by atoms with Crippen LogP contribution in [-0.2, 0) is 19.5 Å². The maximum Gasteiger partial charge on any atom is 0.335 e. The van der Waals surface area contributed by atoms with Gasteiger partial charge in [0, 0.05) is 31.6 Å². The zero-order valence-electron chi connectivity index (χ0n) is 13.6. The minimum atomic E-state index is -3.82. The van der Waals surface area contributed by atoms with Crippen molar-refractivity contribution in [3.05, 3.63) is 29.3 Å². The third-order valence-electron chi connectivity index (χ3n) is 4.90. The summed E-state index contributed by atoms with van der Waals surface area (Å²) in [5, 5.41) is 9.09. The predicted octanol–water partition coefficient (Wildman–Crippen LogP) is 1.02. The first-order valence-corrected chi connectivity index (χ1v) is 9.30. The lowest BCUT2D eigenvalue weighted by molar-refractivity contribution is -0.0775. The first-order chi connectivity index (χ1) is 11.3. The van der Waals surface area contributed by atoms with Gasteiger partial charge in [-0.15, -0.1) is 0 Å². The van der Waals surface area contributed by atoms with Crippen LogP contribution in [0.2, 0.25) is 0 Å². The summed E-state index contributed by atoms with van der Waals surface area (Å²) in [7, 11) is -2.24. The molecule has 1 saturated carbocycles. The molecule has 1 saturated heterocycles. The van der Waals surface area contributed by atoms with E-state index in [2.05, 4.69) is 4.72 Å². The van der Waals surface area contributed by atoms with Crippen molar-refractivity contribution in [2.24, 2.45) is 11.8 Å². The van der Waals surface area contributed by atoms with Crippen LogP contribution in [-0.4, -0.2) is 52.0 Å². The van der Waals surface area contributed by atoms with Gasteiger partial charge in [-0.3, -0.25) is 0 Å². The molecule has 1 aromatic rings. The molecule has 2 fully saturated rings. The number of carboxylic acid groups (broad SMARTS) is 1. The van der Waals surface area contributed by atoms with E-state index in [-0.39, 0.29) is 34.4 Å². The smallest absolute Gasteiger partial charge is 0.335 e. The minimum absolute atomic E-state index is 0.000863. The van der Waals surface area contributed by atoms with Crippen molar-refractivity contribution in [1.29, 1.82) is 0 Å². The molecule has 2 aliphatic rings. The Morgan fingerprint density at radius 2 is 2.21 bits per heavy atom. The molecular weight excluding hydrogens is 334 g/mol. The summed E-state index contributed by atoms with van der Waals surface area (Å²) in [5.41, 5.74) is 0.458. The van der Waals surface area contributed by atoms with Crippen LogP contribution >= 0.6 is 0 Å². The van der Waals surface area contributed by atoms with E-state index in [4.69, 9.17) is 14.6 Å². The molecule has 1 aromatic carbocycles. The van der Waals surface area contributed by atoms with Gasteiger partial charge in [-0.25, -0.2) is 17.9 Å². The molecule has 24 heavy (non-hydrogen) atoms. The van der Waals surface area contributed by atoms with E-state index in [0.29, 0.717) is 18.8 Å². The summed E-state index contributed by atoms with van der Waals surface area (Å²) in [6.07, 6.45) is 0.843. The van der Waals surface area contributed by atoms with Crippen molar-refractivity contribution in [2.75, 3.05) is 20.3 Å². The second kappa shape index (κ2) is 6.44. The molecule has 0 aromatic heterocycles. The highest BCUT2D eigenvalue weighted by Crippen LogP contribution is 2.44. The number of aromatic carboxylic acids is 1. The van der Waals surface area contributed by atoms with Crippen LogP contribution < -0.4 is 4.72 Å². The Morgan fingerprint density at radius 3 is 2.88 bits per heavy atom. The van der Waals surface area contributed by atoms with E-state index in [9.17, 15) is 13.2 Å². The summed E-state index contributed by atoms with van der Waals surface area (Å²) < 4.78 is 39.1. The van der Waals surface area contributed by atoms with Crippen LogP contribution in [0.15, 0.2) is 23.1 Å². The summed E-state index contributed by atoms with van der Waals surface area (Å²) >= 11 is 0. The largest absolute Gasteiger partial charge is 0.478 e. The van der Waals surface area contributed by atoms with Gasteiger partial charge >= 0.3 is 5.97 Å². The van der Waals surface area contributed by atoms with E-state index in [1.165, 1.54) is 18.2 Å². The second-order valence-corrected chi connectivity index (χ2v) is 8.02. The summed E-state index contributed by atoms with van der Waals surface area (Å²) in [6, 6.07) is 3.85. The Hall–Kier alpha value is -1.48. The third-order valence-corrected chi connectivity index (χ3v) is 6.50. The zero-order chi connectivity index (χ0) is 17.5. The number of aryl methyl sites for hydroxylation is 1. The summed E-state index contributed by atoms with van der Waals surface area (Å²) in [4.78, 5) is 11.1. The maximum atomic E-state index is 12.8. The van der Waals surface area contributed by atoms with Crippen molar-refractivity contribution in [2.45, 2.75) is 30.4 Å². The van der Waals surface area contributed by atoms with Gasteiger partial charge in [0.25, 0.3) is 0 Å². The molecular formula is C16H21NO6S. The van der Waals surface area contributed by atoms with Gasteiger partial charge in [0.2, 0.25) is 10.0 Å². The first kappa shape index (κ1) is 17.3. The first-order valence-electron chi connectivity index (χ1n) is 7.82. The van der Waals surface area contributed by atoms with Crippen molar-refractivity contribution in [3.8, 4) is 0 Å². The van der Waals surface area contributed by atoms with Crippen molar-refractivity contribution in [1.82, 2.24) is 4.72 Å². The number of fused-ring (bicyclic) bond motifs is 1. The lowest BCUT2D eigenvalue weighted by Gasteiger charge is -2.47. The van der Waals surface area contributed by atoms with E-state index < -0.39 is 16.0 Å². The highest BCUT2D eigenvalue weighted by atomic mass is 32.2. The number of rotatable bonds is 6. The Morgan fingerprint density at radius 1 is 1.46 bits per heavy atom. The zero-order valence-corrected chi connectivity index (χ0v) is 14.4. The van der Waals surface area contributed by atoms with Crippen molar-refractivity contribution in [3.63, 3.8) is 0 Å². The molecule has 0 bridgehead atoms. The van der Waals surface area contributed by atoms with Gasteiger partial charge in [-0.05, 0) is 31.0 Å². The Labute approximate surface area is 141 Å². The van der Waals surface area contributed by atoms with Gasteiger partial charge in [-0.1, -0.05) is 6.07 Å². The molecule has 7 nitrogen and oxygen atoms in total. The fraction of sp³-hybridized carbons (Fsp3) is 0.562. The highest BCUT2D eigenvalue weighted by molar-refractivity contribution is 7.89. The molecule has 0 amide bonds. The molecule has 0 radical (unpaired) electrons. The highest BCUT2D eigenvalue weighted by Gasteiger charge is 2.55. The average Bonchev–Trinajstić information content (AvgIpc) is 2.95. The molecule has 1 aliphatic carbocycles. The van der Waals surface area contributed by atoms with Gasteiger partial charge in [-0.2, -0.15) is 0 Å². The van der Waals surface area contributed by atoms with Crippen LogP contribution in [0.1, 0.15) is 22.3 Å². The topological polar surface area (TPSA) is 102 Å². The number of benzene rings is 1. The molecule has 0 spiro atoms. The van der Waals surface area contributed by atoms with Crippen molar-refractivity contribution >= 4 is 16.0 Å². The average molecular weight is 355 g/mol. The molecule has 1 aliphatic heterocycles. The molecule has 4 atom stereocenters. The Kier molecular flexibility index (Phi) is 4.65. The van der Waals surface area contributed by atoms with E-state index >= 15 is 0 Å². The number of hydrogen-bond acceptors (Lipinski definition) is 5. The van der Waals surface area contributed by atoms with Crippen LogP contribution in [0.4, 0.5) is 0 Å². The molecule has 3 rings (SSSR count). The lowest BCUT2D eigenvalue weighted by atomic mass is 9.68. The van der Waals surface area contributed by atoms with Gasteiger partial charge < -0.3 is 14.6 Å². The Balaban J connectivity index is 1.86. The SMILES string of the molecule is COC[C@@H]1[C@H](NS(=O)(=O)c2cc(C(=O)O)ccc2C)[C@H]2CCO[C@H]21. The van der Waals surface area contributed by atoms with Gasteiger partial charge in [0.05, 0.1) is 23.2 Å². The normalized spacial score (nSPS) is 29.1. The molecule has 132 valence electrons. The minimum Gasteiger partial charge on any atom is -0.478 e. The quantitative estimate of drug-likeness (QED) is 0.790. The number of methoxy groups -OCH3 is 1. The molecule has 8 heteroatoms. The van der Waals surface area contributed by atoms with Crippen molar-refractivity contribution < 1.29 is 27.8 Å². The fourth-order valence-electron chi connectivity index (χ4n) is 3.66. The van der Waals surface area contributed by atoms with Crippen LogP contribution in [0.5, 0.6) is 0 Å². The van der Waals surface area contributed by atoms with Gasteiger partial charge in [0.15, 0.2) is 0 Å². The predicted molar refractivity (Wildman–Crippen MR) is 85.5 cm³/mol. The number of carboxylic acids is 1. The summed E-state index contributed by atoms with van der Waals surface area (Å²) in [6.45, 7) is 2.69. The van der Waals surface area contributed by atoms with E-state index in [1.54, 1.807) is 14.0 Å². The van der Waals surface area contributed by atoms with E-state index in [1.807, 2.05) is 0 Å². The van der Waals surface area contributed by atoms with Crippen LogP contribution in [0, 0.1) is 18.8 Å². The number of ether oxygens (including phenoxy) is 2. The lowest BCUT2D eigenvalue weighted by Crippen LogP contribution is -2.62. The standard InChI is InChI=1S/C16H21NO6S/c1-9-3-4-10(16(18)19)7-13(9)24(20,21)17-14-11-5-6-23-15(11)12(14)8-22-2/h3-4,7,11-12,14-15,17H,5-6,8H2,1-2H3,(H,18,19)/t11-,12-,14-,15-/m1/s1. The Bertz CT molecular complexity index is 747. The number of sulfonamides is 1. The summed E-state index contributed by atoms with van der Waals surface area (Å²) in [5.74, 6) is -1.04. The number of carbonyl (C=O) groups is 1. The third kappa shape index (κ3) is 2.95. The van der Waals surface area contributed by atoms with Gasteiger partial charge in [0.1, 0.15) is 0 Å².